The van der Waals surface area contributed by atoms with Crippen molar-refractivity contribution in [3.8, 4) is 11.5 Å². The summed E-state index contributed by atoms with van der Waals surface area (Å²) in [7, 11) is 1.65. The molecule has 2 N–H and O–H groups in total. The fourth-order valence-electron chi connectivity index (χ4n) is 4.15. The van der Waals surface area contributed by atoms with Crippen LogP contribution in [0.3, 0.4) is 0 Å². The Kier molecular flexibility index (Phi) is 7.04. The van der Waals surface area contributed by atoms with Crippen LogP contribution in [0, 0.1) is 0 Å². The number of benzene rings is 2. The lowest BCUT2D eigenvalue weighted by atomic mass is 10.00. The summed E-state index contributed by atoms with van der Waals surface area (Å²) >= 11 is 0. The smallest absolute Gasteiger partial charge is 0.264 e. The topological polar surface area (TPSA) is 91.3 Å². The monoisotopic (exact) mass is 439 g/mol. The number of para-hydroxylation sites is 1. The van der Waals surface area contributed by atoms with Crippen LogP contribution in [0.1, 0.15) is 11.1 Å². The number of carbonyl (C=O) groups excluding carboxylic acids is 2. The van der Waals surface area contributed by atoms with Gasteiger partial charge in [-0.1, -0.05) is 30.3 Å². The van der Waals surface area contributed by atoms with Gasteiger partial charge in [-0.3, -0.25) is 14.5 Å². The summed E-state index contributed by atoms with van der Waals surface area (Å²) in [5, 5.41) is 13.6. The third kappa shape index (κ3) is 5.09. The lowest BCUT2D eigenvalue weighted by Gasteiger charge is -2.30. The lowest BCUT2D eigenvalue weighted by Crippen LogP contribution is -2.43. The van der Waals surface area contributed by atoms with E-state index in [-0.39, 0.29) is 19.1 Å². The van der Waals surface area contributed by atoms with E-state index < -0.39 is 12.2 Å². The number of hydrogen-bond donors (Lipinski definition) is 2. The van der Waals surface area contributed by atoms with Crippen molar-refractivity contribution in [3.05, 3.63) is 53.6 Å². The minimum absolute atomic E-state index is 0.0217. The highest BCUT2D eigenvalue weighted by Crippen LogP contribution is 2.39. The maximum atomic E-state index is 12.0. The number of likely N-dealkylation sites (N-methyl/N-ethyl adjacent to an activating group) is 1. The Balaban J connectivity index is 1.27. The van der Waals surface area contributed by atoms with Crippen molar-refractivity contribution in [1.29, 1.82) is 0 Å². The van der Waals surface area contributed by atoms with Gasteiger partial charge < -0.3 is 24.8 Å². The summed E-state index contributed by atoms with van der Waals surface area (Å²) in [4.78, 5) is 27.3. The average molecular weight is 440 g/mol. The molecule has 0 saturated heterocycles. The summed E-state index contributed by atoms with van der Waals surface area (Å²) in [6.07, 6.45) is 0.376. The molecule has 1 amide bonds. The van der Waals surface area contributed by atoms with E-state index in [9.17, 15) is 14.7 Å². The summed E-state index contributed by atoms with van der Waals surface area (Å²) in [6, 6.07) is 13.6. The summed E-state index contributed by atoms with van der Waals surface area (Å²) in [5.74, 6) is 0.767. The maximum Gasteiger partial charge on any atom is 0.264 e. The SMILES string of the molecule is CN1C(=O)COc2cccc(OC(C=O)CNCC(O)CN3CCc4ccccc4C3)c21. The number of rotatable bonds is 9. The number of β-amino-alcohol motifs (C(OH)–C–C–N with tert-alkyl or cyclic N) is 1. The van der Waals surface area contributed by atoms with E-state index in [0.29, 0.717) is 36.6 Å². The molecule has 0 aliphatic carbocycles. The number of fused-ring (bicyclic) bond motifs is 2. The van der Waals surface area contributed by atoms with Gasteiger partial charge in [-0.05, 0) is 29.7 Å². The van der Waals surface area contributed by atoms with Crippen LogP contribution in [0.25, 0.3) is 0 Å². The number of nitrogens with one attached hydrogen (secondary N) is 1. The Morgan fingerprint density at radius 3 is 2.81 bits per heavy atom. The number of nitrogens with zero attached hydrogens (tertiary/aromatic N) is 2. The normalized spacial score (nSPS) is 17.7. The van der Waals surface area contributed by atoms with Gasteiger partial charge in [0.25, 0.3) is 5.91 Å². The van der Waals surface area contributed by atoms with Gasteiger partial charge in [0.2, 0.25) is 0 Å². The summed E-state index contributed by atoms with van der Waals surface area (Å²) in [6.45, 7) is 2.88. The van der Waals surface area contributed by atoms with Crippen LogP contribution >= 0.6 is 0 Å². The van der Waals surface area contributed by atoms with Gasteiger partial charge in [0.05, 0.1) is 6.10 Å². The largest absolute Gasteiger partial charge is 0.481 e. The third-order valence-electron chi connectivity index (χ3n) is 5.86. The molecule has 2 unspecified atom stereocenters. The quantitative estimate of drug-likeness (QED) is 0.563. The van der Waals surface area contributed by atoms with Crippen LogP contribution in [-0.2, 0) is 22.6 Å². The van der Waals surface area contributed by atoms with Gasteiger partial charge in [0.15, 0.2) is 19.0 Å². The lowest BCUT2D eigenvalue weighted by molar-refractivity contribution is -0.121. The molecule has 0 aromatic heterocycles. The minimum atomic E-state index is -0.763. The first-order valence-corrected chi connectivity index (χ1v) is 10.9. The standard InChI is InChI=1S/C24H29N3O5/c1-26-23(30)16-31-21-7-4-8-22(24(21)26)32-20(15-28)12-25-11-19(29)14-27-10-9-17-5-2-3-6-18(17)13-27/h2-8,15,19-20,25,29H,9-14,16H2,1H3. The molecular weight excluding hydrogens is 410 g/mol. The second-order valence-electron chi connectivity index (χ2n) is 8.20. The van der Waals surface area contributed by atoms with Crippen molar-refractivity contribution in [2.45, 2.75) is 25.2 Å². The minimum Gasteiger partial charge on any atom is -0.481 e. The fourth-order valence-corrected chi connectivity index (χ4v) is 4.15. The highest BCUT2D eigenvalue weighted by molar-refractivity contribution is 5.99. The van der Waals surface area contributed by atoms with E-state index in [2.05, 4.69) is 28.4 Å². The number of aliphatic hydroxyl groups is 1. The summed E-state index contributed by atoms with van der Waals surface area (Å²) < 4.78 is 11.3. The highest BCUT2D eigenvalue weighted by atomic mass is 16.5. The molecule has 0 radical (unpaired) electrons. The fraction of sp³-hybridized carbons (Fsp3) is 0.417. The number of amides is 1. The maximum absolute atomic E-state index is 12.0. The molecule has 2 aliphatic heterocycles. The molecule has 2 aromatic rings. The van der Waals surface area contributed by atoms with Crippen LogP contribution < -0.4 is 19.7 Å². The zero-order valence-corrected chi connectivity index (χ0v) is 18.2. The molecule has 2 atom stereocenters. The molecule has 8 heteroatoms. The predicted octanol–water partition coefficient (Wildman–Crippen LogP) is 0.997. The zero-order valence-electron chi connectivity index (χ0n) is 18.2. The van der Waals surface area contributed by atoms with Crippen molar-refractivity contribution in [1.82, 2.24) is 10.2 Å². The number of ether oxygens (including phenoxy) is 2. The van der Waals surface area contributed by atoms with E-state index in [1.165, 1.54) is 16.0 Å². The Morgan fingerprint density at radius 2 is 2.00 bits per heavy atom. The van der Waals surface area contributed by atoms with Gasteiger partial charge in [-0.2, -0.15) is 0 Å². The number of aliphatic hydroxyl groups excluding tert-OH is 1. The average Bonchev–Trinajstić information content (AvgIpc) is 2.80. The zero-order chi connectivity index (χ0) is 22.5. The molecule has 0 fully saturated rings. The van der Waals surface area contributed by atoms with Gasteiger partial charge in [0, 0.05) is 39.8 Å². The van der Waals surface area contributed by atoms with Crippen molar-refractivity contribution in [2.24, 2.45) is 0 Å². The molecule has 2 aromatic carbocycles. The first-order chi connectivity index (χ1) is 15.5. The van der Waals surface area contributed by atoms with Gasteiger partial charge in [-0.25, -0.2) is 0 Å². The number of anilines is 1. The van der Waals surface area contributed by atoms with Crippen molar-refractivity contribution < 1.29 is 24.2 Å². The Morgan fingerprint density at radius 1 is 1.19 bits per heavy atom. The van der Waals surface area contributed by atoms with Crippen molar-refractivity contribution >= 4 is 17.9 Å². The third-order valence-corrected chi connectivity index (χ3v) is 5.86. The second kappa shape index (κ2) is 10.1. The number of carbonyl (C=O) groups is 2. The number of aldehydes is 1. The summed E-state index contributed by atoms with van der Waals surface area (Å²) in [5.41, 5.74) is 3.20. The molecule has 2 heterocycles. The van der Waals surface area contributed by atoms with Crippen LogP contribution in [0.5, 0.6) is 11.5 Å². The van der Waals surface area contributed by atoms with Gasteiger partial charge >= 0.3 is 0 Å². The van der Waals surface area contributed by atoms with Crippen LogP contribution in [0.2, 0.25) is 0 Å². The van der Waals surface area contributed by atoms with E-state index in [1.807, 2.05) is 6.07 Å². The van der Waals surface area contributed by atoms with Gasteiger partial charge in [0.1, 0.15) is 17.2 Å². The van der Waals surface area contributed by atoms with E-state index in [0.717, 1.165) is 19.5 Å². The molecule has 4 rings (SSSR count). The molecule has 2 aliphatic rings. The molecule has 0 spiro atoms. The molecule has 8 nitrogen and oxygen atoms in total. The molecule has 0 saturated carbocycles. The predicted molar refractivity (Wildman–Crippen MR) is 120 cm³/mol. The molecule has 32 heavy (non-hydrogen) atoms. The van der Waals surface area contributed by atoms with E-state index >= 15 is 0 Å². The molecule has 170 valence electrons. The van der Waals surface area contributed by atoms with Crippen LogP contribution in [0.15, 0.2) is 42.5 Å². The van der Waals surface area contributed by atoms with E-state index in [4.69, 9.17) is 9.47 Å². The molecule has 0 bridgehead atoms. The second-order valence-corrected chi connectivity index (χ2v) is 8.20. The highest BCUT2D eigenvalue weighted by Gasteiger charge is 2.27. The van der Waals surface area contributed by atoms with Crippen LogP contribution in [-0.4, -0.2) is 74.2 Å². The van der Waals surface area contributed by atoms with Crippen molar-refractivity contribution in [3.63, 3.8) is 0 Å². The number of hydrogen-bond acceptors (Lipinski definition) is 7. The first-order valence-electron chi connectivity index (χ1n) is 10.9. The molecular formula is C24H29N3O5. The first kappa shape index (κ1) is 22.3. The Labute approximate surface area is 187 Å². The van der Waals surface area contributed by atoms with Crippen molar-refractivity contribution in [2.75, 3.05) is 44.7 Å². The van der Waals surface area contributed by atoms with Gasteiger partial charge in [-0.15, -0.1) is 0 Å². The van der Waals surface area contributed by atoms with Crippen LogP contribution in [0.4, 0.5) is 5.69 Å². The Hall–Kier alpha value is -2.94. The van der Waals surface area contributed by atoms with E-state index in [1.54, 1.807) is 25.2 Å². The Bertz CT molecular complexity index is 966.